The number of hydrogen-bond acceptors (Lipinski definition) is 2. The van der Waals surface area contributed by atoms with Crippen LogP contribution in [0.25, 0.3) is 0 Å². The average molecular weight is 299 g/mol. The van der Waals surface area contributed by atoms with Gasteiger partial charge in [0.15, 0.2) is 23.2 Å². The monoisotopic (exact) mass is 299 g/mol. The van der Waals surface area contributed by atoms with Crippen LogP contribution in [0, 0.1) is 23.3 Å². The SMILES string of the molecule is CNC(c1ccc(F)c(OC)c1)c1cc(F)c(F)cc1F. The molecule has 2 aromatic carbocycles. The first-order valence-electron chi connectivity index (χ1n) is 6.13. The van der Waals surface area contributed by atoms with Crippen LogP contribution in [-0.4, -0.2) is 14.2 Å². The predicted molar refractivity (Wildman–Crippen MR) is 70.2 cm³/mol. The van der Waals surface area contributed by atoms with Gasteiger partial charge in [0.2, 0.25) is 0 Å². The summed E-state index contributed by atoms with van der Waals surface area (Å²) in [6, 6.07) is 4.44. The van der Waals surface area contributed by atoms with Gasteiger partial charge in [-0.05, 0) is 30.8 Å². The van der Waals surface area contributed by atoms with Crippen LogP contribution in [0.15, 0.2) is 30.3 Å². The van der Waals surface area contributed by atoms with Gasteiger partial charge in [0, 0.05) is 11.6 Å². The molecule has 2 rings (SSSR count). The lowest BCUT2D eigenvalue weighted by molar-refractivity contribution is 0.385. The molecule has 0 aliphatic heterocycles. The maximum Gasteiger partial charge on any atom is 0.165 e. The summed E-state index contributed by atoms with van der Waals surface area (Å²) in [5, 5.41) is 2.79. The molecule has 0 radical (unpaired) electrons. The molecule has 1 atom stereocenters. The Morgan fingerprint density at radius 3 is 2.19 bits per heavy atom. The van der Waals surface area contributed by atoms with Crippen LogP contribution in [0.1, 0.15) is 17.2 Å². The van der Waals surface area contributed by atoms with E-state index >= 15 is 0 Å². The van der Waals surface area contributed by atoms with E-state index in [1.54, 1.807) is 0 Å². The summed E-state index contributed by atoms with van der Waals surface area (Å²) in [6.07, 6.45) is 0. The summed E-state index contributed by atoms with van der Waals surface area (Å²) < 4.78 is 58.5. The molecule has 0 aromatic heterocycles. The van der Waals surface area contributed by atoms with Gasteiger partial charge < -0.3 is 10.1 Å². The Morgan fingerprint density at radius 1 is 0.905 bits per heavy atom. The van der Waals surface area contributed by atoms with Gasteiger partial charge in [0.1, 0.15) is 5.82 Å². The van der Waals surface area contributed by atoms with Gasteiger partial charge in [-0.2, -0.15) is 0 Å². The van der Waals surface area contributed by atoms with E-state index in [4.69, 9.17) is 4.74 Å². The van der Waals surface area contributed by atoms with E-state index in [-0.39, 0.29) is 11.3 Å². The van der Waals surface area contributed by atoms with Crippen molar-refractivity contribution in [1.29, 1.82) is 0 Å². The zero-order valence-electron chi connectivity index (χ0n) is 11.4. The molecule has 0 aliphatic rings. The number of halogens is 4. The van der Waals surface area contributed by atoms with E-state index in [1.165, 1.54) is 26.3 Å². The number of methoxy groups -OCH3 is 1. The quantitative estimate of drug-likeness (QED) is 0.688. The Kier molecular flexibility index (Phi) is 4.47. The van der Waals surface area contributed by atoms with Crippen molar-refractivity contribution >= 4 is 0 Å². The maximum atomic E-state index is 13.9. The Balaban J connectivity index is 2.52. The fourth-order valence-corrected chi connectivity index (χ4v) is 2.12. The van der Waals surface area contributed by atoms with E-state index < -0.39 is 29.3 Å². The number of hydrogen-bond donors (Lipinski definition) is 1. The minimum atomic E-state index is -1.26. The standard InChI is InChI=1S/C15H13F4NO/c1-20-15(8-3-4-10(16)14(5-8)21-2)9-6-12(18)13(19)7-11(9)17/h3-7,15,20H,1-2H3. The Labute approximate surface area is 119 Å². The molecule has 0 aliphatic carbocycles. The first-order chi connectivity index (χ1) is 9.97. The summed E-state index contributed by atoms with van der Waals surface area (Å²) in [4.78, 5) is 0. The van der Waals surface area contributed by atoms with Crippen LogP contribution in [0.5, 0.6) is 5.75 Å². The smallest absolute Gasteiger partial charge is 0.165 e. The Hall–Kier alpha value is -2.08. The maximum absolute atomic E-state index is 13.9. The Bertz CT molecular complexity index is 660. The molecule has 0 bridgehead atoms. The fraction of sp³-hybridized carbons (Fsp3) is 0.200. The molecule has 0 saturated heterocycles. The van der Waals surface area contributed by atoms with Gasteiger partial charge in [0.25, 0.3) is 0 Å². The number of benzene rings is 2. The normalized spacial score (nSPS) is 12.3. The molecule has 6 heteroatoms. The summed E-state index contributed by atoms with van der Waals surface area (Å²) in [5.74, 6) is -3.89. The van der Waals surface area contributed by atoms with Crippen LogP contribution in [0.4, 0.5) is 17.6 Å². The number of nitrogens with one attached hydrogen (secondary N) is 1. The van der Waals surface area contributed by atoms with Crippen LogP contribution in [-0.2, 0) is 0 Å². The zero-order chi connectivity index (χ0) is 15.6. The van der Waals surface area contributed by atoms with Gasteiger partial charge in [-0.3, -0.25) is 0 Å². The average Bonchev–Trinajstić information content (AvgIpc) is 2.46. The second-order valence-corrected chi connectivity index (χ2v) is 4.40. The van der Waals surface area contributed by atoms with Gasteiger partial charge >= 0.3 is 0 Å². The van der Waals surface area contributed by atoms with E-state index in [0.717, 1.165) is 12.1 Å². The fourth-order valence-electron chi connectivity index (χ4n) is 2.12. The van der Waals surface area contributed by atoms with Crippen molar-refractivity contribution in [3.8, 4) is 5.75 Å². The van der Waals surface area contributed by atoms with Gasteiger partial charge in [-0.15, -0.1) is 0 Å². The van der Waals surface area contributed by atoms with Crippen molar-refractivity contribution in [3.05, 3.63) is 64.7 Å². The molecule has 0 fully saturated rings. The van der Waals surface area contributed by atoms with Crippen molar-refractivity contribution in [3.63, 3.8) is 0 Å². The summed E-state index contributed by atoms with van der Waals surface area (Å²) in [5.41, 5.74) is 0.380. The van der Waals surface area contributed by atoms with Gasteiger partial charge in [0.05, 0.1) is 13.2 Å². The second kappa shape index (κ2) is 6.13. The molecule has 0 saturated carbocycles. The highest BCUT2D eigenvalue weighted by Crippen LogP contribution is 2.29. The molecule has 1 unspecified atom stereocenters. The molecular formula is C15H13F4NO. The third-order valence-electron chi connectivity index (χ3n) is 3.15. The lowest BCUT2D eigenvalue weighted by Crippen LogP contribution is -2.19. The first-order valence-corrected chi connectivity index (χ1v) is 6.13. The van der Waals surface area contributed by atoms with E-state index in [0.29, 0.717) is 11.6 Å². The van der Waals surface area contributed by atoms with E-state index in [9.17, 15) is 17.6 Å². The van der Waals surface area contributed by atoms with E-state index in [1.807, 2.05) is 0 Å². The van der Waals surface area contributed by atoms with Crippen molar-refractivity contribution in [2.24, 2.45) is 0 Å². The summed E-state index contributed by atoms with van der Waals surface area (Å²) in [7, 11) is 2.83. The lowest BCUT2D eigenvalue weighted by atomic mass is 9.97. The molecule has 1 N–H and O–H groups in total. The molecule has 112 valence electrons. The predicted octanol–water partition coefficient (Wildman–Crippen LogP) is 3.56. The third kappa shape index (κ3) is 3.00. The highest BCUT2D eigenvalue weighted by Gasteiger charge is 2.20. The molecule has 2 nitrogen and oxygen atoms in total. The van der Waals surface area contributed by atoms with Crippen molar-refractivity contribution in [2.45, 2.75) is 6.04 Å². The first kappa shape index (κ1) is 15.3. The molecule has 2 aromatic rings. The van der Waals surface area contributed by atoms with Crippen LogP contribution in [0.2, 0.25) is 0 Å². The molecule has 21 heavy (non-hydrogen) atoms. The number of rotatable bonds is 4. The third-order valence-corrected chi connectivity index (χ3v) is 3.15. The molecule has 0 spiro atoms. The summed E-state index contributed by atoms with van der Waals surface area (Å²) in [6.45, 7) is 0. The molecule has 0 amide bonds. The Morgan fingerprint density at radius 2 is 1.57 bits per heavy atom. The minimum Gasteiger partial charge on any atom is -0.494 e. The summed E-state index contributed by atoms with van der Waals surface area (Å²) >= 11 is 0. The van der Waals surface area contributed by atoms with Gasteiger partial charge in [-0.25, -0.2) is 17.6 Å². The zero-order valence-corrected chi connectivity index (χ0v) is 11.4. The lowest BCUT2D eigenvalue weighted by Gasteiger charge is -2.19. The highest BCUT2D eigenvalue weighted by atomic mass is 19.2. The van der Waals surface area contributed by atoms with Crippen molar-refractivity contribution < 1.29 is 22.3 Å². The van der Waals surface area contributed by atoms with Crippen LogP contribution < -0.4 is 10.1 Å². The second-order valence-electron chi connectivity index (χ2n) is 4.40. The minimum absolute atomic E-state index is 0.0178. The van der Waals surface area contributed by atoms with Crippen LogP contribution in [0.3, 0.4) is 0 Å². The molecule has 0 heterocycles. The topological polar surface area (TPSA) is 21.3 Å². The number of ether oxygens (including phenoxy) is 1. The van der Waals surface area contributed by atoms with Crippen LogP contribution >= 0.6 is 0 Å². The van der Waals surface area contributed by atoms with Crippen molar-refractivity contribution in [1.82, 2.24) is 5.32 Å². The van der Waals surface area contributed by atoms with Gasteiger partial charge in [-0.1, -0.05) is 6.07 Å². The largest absolute Gasteiger partial charge is 0.494 e. The molecular weight excluding hydrogens is 286 g/mol. The van der Waals surface area contributed by atoms with E-state index in [2.05, 4.69) is 5.32 Å². The van der Waals surface area contributed by atoms with Crippen molar-refractivity contribution in [2.75, 3.05) is 14.2 Å². The highest BCUT2D eigenvalue weighted by molar-refractivity contribution is 5.38.